The van der Waals surface area contributed by atoms with Crippen molar-refractivity contribution in [1.29, 1.82) is 0 Å². The van der Waals surface area contributed by atoms with Crippen LogP contribution < -0.4 is 15.4 Å². The Bertz CT molecular complexity index is 1400. The molecule has 198 valence electrons. The van der Waals surface area contributed by atoms with Crippen molar-refractivity contribution in [1.82, 2.24) is 34.4 Å². The van der Waals surface area contributed by atoms with Crippen LogP contribution >= 0.6 is 35.1 Å². The number of hydrogen-bond acceptors (Lipinski definition) is 11. The molecular weight excluding hydrogens is 541 g/mol. The van der Waals surface area contributed by atoms with Crippen molar-refractivity contribution >= 4 is 46.1 Å². The van der Waals surface area contributed by atoms with E-state index in [1.807, 2.05) is 43.4 Å². The van der Waals surface area contributed by atoms with Gasteiger partial charge in [-0.1, -0.05) is 11.8 Å². The number of carbonyl (C=O) groups is 1. The number of anilines is 1. The van der Waals surface area contributed by atoms with E-state index in [2.05, 4.69) is 42.1 Å². The number of aromatic nitrogens is 6. The molecule has 2 N–H and O–H groups in total. The molecular formula is C25H28N8O2S3. The summed E-state index contributed by atoms with van der Waals surface area (Å²) in [6.07, 6.45) is 5.00. The van der Waals surface area contributed by atoms with Crippen molar-refractivity contribution in [2.75, 3.05) is 18.5 Å². The summed E-state index contributed by atoms with van der Waals surface area (Å²) in [4.78, 5) is 23.8. The zero-order chi connectivity index (χ0) is 26.5. The lowest BCUT2D eigenvalue weighted by Crippen LogP contribution is -2.37. The summed E-state index contributed by atoms with van der Waals surface area (Å²) >= 11 is 3.94. The third-order valence-electron chi connectivity index (χ3n) is 6.09. The number of rotatable bonds is 10. The first kappa shape index (κ1) is 26.6. The van der Waals surface area contributed by atoms with Gasteiger partial charge in [-0.3, -0.25) is 10.1 Å². The fourth-order valence-corrected chi connectivity index (χ4v) is 6.20. The van der Waals surface area contributed by atoms with Gasteiger partial charge in [0.2, 0.25) is 5.13 Å². The Morgan fingerprint density at radius 2 is 2.05 bits per heavy atom. The van der Waals surface area contributed by atoms with Crippen LogP contribution in [0.4, 0.5) is 5.13 Å². The number of nitrogens with one attached hydrogen (secondary N) is 2. The van der Waals surface area contributed by atoms with Gasteiger partial charge in [-0.05, 0) is 87.8 Å². The minimum Gasteiger partial charge on any atom is -0.494 e. The fraction of sp³-hybridized carbons (Fsp3) is 0.360. The summed E-state index contributed by atoms with van der Waals surface area (Å²) in [5, 5.41) is 16.1. The first-order valence-corrected chi connectivity index (χ1v) is 14.6. The van der Waals surface area contributed by atoms with Gasteiger partial charge in [0.1, 0.15) is 28.6 Å². The summed E-state index contributed by atoms with van der Waals surface area (Å²) in [6.45, 7) is 5.79. The van der Waals surface area contributed by atoms with Gasteiger partial charge >= 0.3 is 0 Å². The Balaban J connectivity index is 1.30. The largest absolute Gasteiger partial charge is 0.494 e. The summed E-state index contributed by atoms with van der Waals surface area (Å²) < 4.78 is 11.9. The quantitative estimate of drug-likeness (QED) is 0.275. The minimum atomic E-state index is -0.349. The number of ether oxygens (including phenoxy) is 1. The van der Waals surface area contributed by atoms with E-state index in [1.54, 1.807) is 17.8 Å². The lowest BCUT2D eigenvalue weighted by molar-refractivity contribution is 0.101. The Kier molecular flexibility index (Phi) is 8.27. The van der Waals surface area contributed by atoms with Crippen LogP contribution in [0.15, 0.2) is 62.7 Å². The van der Waals surface area contributed by atoms with Crippen LogP contribution in [0.1, 0.15) is 42.5 Å². The summed E-state index contributed by atoms with van der Waals surface area (Å²) in [7, 11) is 1.86. The second-order valence-corrected chi connectivity index (χ2v) is 12.0. The van der Waals surface area contributed by atoms with Gasteiger partial charge in [-0.15, -0.1) is 10.2 Å². The first-order chi connectivity index (χ1) is 18.4. The molecule has 10 nitrogen and oxygen atoms in total. The van der Waals surface area contributed by atoms with Crippen LogP contribution in [-0.2, 0) is 7.05 Å². The molecule has 0 bridgehead atoms. The lowest BCUT2D eigenvalue weighted by Gasteiger charge is -2.24. The molecule has 0 saturated carbocycles. The average molecular weight is 569 g/mol. The normalized spacial score (nSPS) is 17.0. The van der Waals surface area contributed by atoms with Crippen molar-refractivity contribution < 1.29 is 9.53 Å². The van der Waals surface area contributed by atoms with Gasteiger partial charge in [0.05, 0.1) is 6.61 Å². The number of nitrogens with zero attached hydrogens (tertiary/aromatic N) is 6. The van der Waals surface area contributed by atoms with Crippen molar-refractivity contribution in [3.8, 4) is 5.75 Å². The van der Waals surface area contributed by atoms with E-state index in [4.69, 9.17) is 4.74 Å². The van der Waals surface area contributed by atoms with E-state index in [0.29, 0.717) is 33.4 Å². The molecule has 1 aromatic carbocycles. The third kappa shape index (κ3) is 6.70. The van der Waals surface area contributed by atoms with Crippen LogP contribution in [0.5, 0.6) is 5.75 Å². The van der Waals surface area contributed by atoms with Crippen molar-refractivity contribution in [2.45, 2.75) is 58.6 Å². The number of hydrogen-bond donors (Lipinski definition) is 2. The van der Waals surface area contributed by atoms with Gasteiger partial charge in [-0.2, -0.15) is 4.37 Å². The Morgan fingerprint density at radius 1 is 1.21 bits per heavy atom. The number of benzene rings is 1. The Morgan fingerprint density at radius 3 is 2.74 bits per heavy atom. The third-order valence-corrected chi connectivity index (χ3v) is 8.86. The molecule has 1 aliphatic rings. The maximum absolute atomic E-state index is 13.2. The van der Waals surface area contributed by atoms with E-state index >= 15 is 0 Å². The average Bonchev–Trinajstić information content (AvgIpc) is 3.63. The van der Waals surface area contributed by atoms with E-state index in [1.165, 1.54) is 36.4 Å². The first-order valence-electron chi connectivity index (χ1n) is 12.2. The second-order valence-electron chi connectivity index (χ2n) is 9.19. The Hall–Kier alpha value is -3.00. The van der Waals surface area contributed by atoms with E-state index in [9.17, 15) is 4.79 Å². The zero-order valence-electron chi connectivity index (χ0n) is 21.3. The zero-order valence-corrected chi connectivity index (χ0v) is 23.8. The van der Waals surface area contributed by atoms with Gasteiger partial charge in [-0.25, -0.2) is 9.97 Å². The highest BCUT2D eigenvalue weighted by atomic mass is 32.2. The van der Waals surface area contributed by atoms with Gasteiger partial charge in [0.15, 0.2) is 5.16 Å². The maximum Gasteiger partial charge on any atom is 0.277 e. The molecule has 4 aromatic rings. The predicted octanol–water partition coefficient (Wildman–Crippen LogP) is 4.84. The molecule has 38 heavy (non-hydrogen) atoms. The van der Waals surface area contributed by atoms with E-state index in [0.717, 1.165) is 40.0 Å². The molecule has 1 atom stereocenters. The lowest BCUT2D eigenvalue weighted by atomic mass is 9.97. The highest BCUT2D eigenvalue weighted by Crippen LogP contribution is 2.34. The van der Waals surface area contributed by atoms with Gasteiger partial charge in [0, 0.05) is 33.9 Å². The fourth-order valence-electron chi connectivity index (χ4n) is 3.99. The van der Waals surface area contributed by atoms with Crippen molar-refractivity contribution in [3.05, 3.63) is 54.2 Å². The smallest absolute Gasteiger partial charge is 0.277 e. The van der Waals surface area contributed by atoms with Crippen LogP contribution in [0.3, 0.4) is 0 Å². The van der Waals surface area contributed by atoms with Crippen LogP contribution in [0, 0.1) is 6.92 Å². The van der Waals surface area contributed by atoms with E-state index in [-0.39, 0.29) is 11.4 Å². The molecule has 1 amide bonds. The SMILES string of the molecule is Cc1nsc(NC(=O)c2nc(Sc3nncn3C)ccc2Sc2ccc(OCC[C@@]3(C)CCCN3)cc2)n1. The van der Waals surface area contributed by atoms with Crippen LogP contribution in [0.2, 0.25) is 0 Å². The predicted molar refractivity (Wildman–Crippen MR) is 148 cm³/mol. The molecule has 1 saturated heterocycles. The molecule has 1 fully saturated rings. The topological polar surface area (TPSA) is 120 Å². The molecule has 3 aromatic heterocycles. The van der Waals surface area contributed by atoms with Gasteiger partial charge < -0.3 is 14.6 Å². The summed E-state index contributed by atoms with van der Waals surface area (Å²) in [5.74, 6) is 1.09. The van der Waals surface area contributed by atoms with Crippen LogP contribution in [-0.4, -0.2) is 53.7 Å². The molecule has 1 aliphatic heterocycles. The molecule has 0 radical (unpaired) electrons. The minimum absolute atomic E-state index is 0.171. The number of carbonyl (C=O) groups excluding carboxylic acids is 1. The maximum atomic E-state index is 13.2. The number of amides is 1. The monoisotopic (exact) mass is 568 g/mol. The van der Waals surface area contributed by atoms with E-state index < -0.39 is 0 Å². The van der Waals surface area contributed by atoms with Gasteiger partial charge in [0.25, 0.3) is 5.91 Å². The number of pyridine rings is 1. The van der Waals surface area contributed by atoms with Crippen LogP contribution in [0.25, 0.3) is 0 Å². The molecule has 0 aliphatic carbocycles. The highest BCUT2D eigenvalue weighted by Gasteiger charge is 2.27. The summed E-state index contributed by atoms with van der Waals surface area (Å²) in [6, 6.07) is 11.7. The summed E-state index contributed by atoms with van der Waals surface area (Å²) in [5.41, 5.74) is 0.470. The standard InChI is InChI=1S/C25H28N8O2S3/c1-16-28-23(38-32-16)30-22(34)21-19(9-10-20(29-21)37-24-31-27-15-33(24)3)36-18-7-5-17(6-8-18)35-14-12-25(2)11-4-13-26-25/h5-10,15,26H,4,11-14H2,1-3H3,(H,28,30,32,34)/t25-/m1/s1. The molecule has 5 rings (SSSR count). The van der Waals surface area contributed by atoms with Crippen molar-refractivity contribution in [2.24, 2.45) is 7.05 Å². The highest BCUT2D eigenvalue weighted by molar-refractivity contribution is 7.99. The Labute approximate surface area is 233 Å². The number of aryl methyl sites for hydroxylation is 2. The van der Waals surface area contributed by atoms with Crippen molar-refractivity contribution in [3.63, 3.8) is 0 Å². The molecule has 0 unspecified atom stereocenters. The second kappa shape index (κ2) is 11.8. The molecule has 13 heteroatoms. The molecule has 0 spiro atoms. The molecule has 4 heterocycles.